The molecule has 2 aliphatic heterocycles. The Kier molecular flexibility index (Phi) is 8.73. The number of carbonyl (C=O) groups is 1. The van der Waals surface area contributed by atoms with Gasteiger partial charge in [0.1, 0.15) is 5.58 Å². The predicted molar refractivity (Wildman–Crippen MR) is 126 cm³/mol. The van der Waals surface area contributed by atoms with Gasteiger partial charge in [-0.05, 0) is 31.1 Å². The van der Waals surface area contributed by atoms with Crippen molar-refractivity contribution < 1.29 is 28.5 Å². The highest BCUT2D eigenvalue weighted by Crippen LogP contribution is 2.32. The van der Waals surface area contributed by atoms with Crippen LogP contribution in [0, 0.1) is 0 Å². The van der Waals surface area contributed by atoms with Crippen molar-refractivity contribution in [1.82, 2.24) is 4.90 Å². The molecule has 0 bridgehead atoms. The van der Waals surface area contributed by atoms with Crippen molar-refractivity contribution >= 4 is 16.9 Å². The first-order valence-electron chi connectivity index (χ1n) is 12.2. The standard InChI is InChI=1S/C26H33NO7/c28-12-13-31-14-15-32-24-17-19(21-18-33-22-9-5-4-8-20(22)25(21)29)16-23(34-24)26(30)27-10-6-2-1-3-7-11-27/h4-5,8-9,16,18-19,24,28H,1-3,6-7,10-15,17H2/t19-,24+/m0/s1. The quantitative estimate of drug-likeness (QED) is 0.590. The number of para-hydroxylation sites is 1. The molecule has 0 unspecified atom stereocenters. The largest absolute Gasteiger partial charge is 0.464 e. The number of nitrogens with zero attached hydrogens (tertiary/aromatic N) is 1. The van der Waals surface area contributed by atoms with Gasteiger partial charge >= 0.3 is 0 Å². The zero-order valence-electron chi connectivity index (χ0n) is 19.4. The minimum Gasteiger partial charge on any atom is -0.464 e. The molecular formula is C26H33NO7. The second kappa shape index (κ2) is 12.1. The molecule has 1 fully saturated rings. The lowest BCUT2D eigenvalue weighted by molar-refractivity contribution is -0.156. The van der Waals surface area contributed by atoms with Crippen molar-refractivity contribution in [2.24, 2.45) is 0 Å². The van der Waals surface area contributed by atoms with Gasteiger partial charge in [0.05, 0.1) is 38.1 Å². The average molecular weight is 472 g/mol. The van der Waals surface area contributed by atoms with Crippen LogP contribution < -0.4 is 5.43 Å². The van der Waals surface area contributed by atoms with Crippen LogP contribution in [0.4, 0.5) is 0 Å². The van der Waals surface area contributed by atoms with Crippen molar-refractivity contribution in [3.63, 3.8) is 0 Å². The van der Waals surface area contributed by atoms with E-state index in [2.05, 4.69) is 0 Å². The number of ether oxygens (including phenoxy) is 3. The summed E-state index contributed by atoms with van der Waals surface area (Å²) in [6.45, 7) is 2.11. The maximum Gasteiger partial charge on any atom is 0.288 e. The molecule has 8 nitrogen and oxygen atoms in total. The van der Waals surface area contributed by atoms with Crippen molar-refractivity contribution in [3.8, 4) is 0 Å². The van der Waals surface area contributed by atoms with Gasteiger partial charge in [-0.15, -0.1) is 0 Å². The lowest BCUT2D eigenvalue weighted by Gasteiger charge is -2.32. The monoisotopic (exact) mass is 471 g/mol. The van der Waals surface area contributed by atoms with Crippen LogP contribution in [0.2, 0.25) is 0 Å². The summed E-state index contributed by atoms with van der Waals surface area (Å²) < 4.78 is 22.8. The third kappa shape index (κ3) is 6.05. The number of hydrogen-bond acceptors (Lipinski definition) is 7. The number of fused-ring (bicyclic) bond motifs is 1. The second-order valence-corrected chi connectivity index (χ2v) is 8.70. The van der Waals surface area contributed by atoms with Gasteiger partial charge in [0.15, 0.2) is 11.2 Å². The Hall–Kier alpha value is -2.68. The molecule has 1 amide bonds. The fraction of sp³-hybridized carbons (Fsp3) is 0.538. The van der Waals surface area contributed by atoms with E-state index in [0.29, 0.717) is 42.6 Å². The Morgan fingerprint density at radius 2 is 1.82 bits per heavy atom. The Bertz CT molecular complexity index is 1040. The molecule has 8 heteroatoms. The van der Waals surface area contributed by atoms with Gasteiger partial charge in [-0.25, -0.2) is 0 Å². The van der Waals surface area contributed by atoms with Gasteiger partial charge < -0.3 is 28.6 Å². The third-order valence-electron chi connectivity index (χ3n) is 6.28. The predicted octanol–water partition coefficient (Wildman–Crippen LogP) is 3.33. The topological polar surface area (TPSA) is 98.4 Å². The molecule has 2 aliphatic rings. The minimum atomic E-state index is -0.702. The second-order valence-electron chi connectivity index (χ2n) is 8.70. The normalized spacial score (nSPS) is 21.4. The number of aliphatic hydroxyl groups excluding tert-OH is 1. The van der Waals surface area contributed by atoms with E-state index in [-0.39, 0.29) is 42.8 Å². The van der Waals surface area contributed by atoms with E-state index >= 15 is 0 Å². The summed E-state index contributed by atoms with van der Waals surface area (Å²) in [5.41, 5.74) is 0.885. The average Bonchev–Trinajstić information content (AvgIpc) is 2.83. The lowest BCUT2D eigenvalue weighted by atomic mass is 9.93. The molecule has 1 aromatic carbocycles. The number of allylic oxidation sites excluding steroid dienone is 1. The van der Waals surface area contributed by atoms with E-state index in [1.165, 1.54) is 12.7 Å². The SMILES string of the molecule is O=C(C1=C[C@H](c2coc3ccccc3c2=O)C[C@H](OCCOCCO)O1)N1CCCCCCC1. The molecule has 2 aromatic rings. The number of likely N-dealkylation sites (tertiary alicyclic amines) is 1. The van der Waals surface area contributed by atoms with Crippen molar-refractivity contribution in [2.75, 3.05) is 39.5 Å². The first-order valence-corrected chi connectivity index (χ1v) is 12.2. The first kappa shape index (κ1) is 24.4. The molecule has 184 valence electrons. The van der Waals surface area contributed by atoms with Crippen LogP contribution in [0.25, 0.3) is 11.0 Å². The number of benzene rings is 1. The van der Waals surface area contributed by atoms with Crippen LogP contribution in [0.15, 0.2) is 51.6 Å². The summed E-state index contributed by atoms with van der Waals surface area (Å²) in [6, 6.07) is 7.13. The number of carbonyl (C=O) groups excluding carboxylic acids is 1. The van der Waals surface area contributed by atoms with Crippen molar-refractivity contribution in [2.45, 2.75) is 50.7 Å². The number of aliphatic hydroxyl groups is 1. The van der Waals surface area contributed by atoms with Crippen molar-refractivity contribution in [1.29, 1.82) is 0 Å². The number of amides is 1. The number of hydrogen-bond donors (Lipinski definition) is 1. The Labute approximate surface area is 199 Å². The van der Waals surface area contributed by atoms with Crippen LogP contribution in [-0.2, 0) is 19.0 Å². The molecule has 3 heterocycles. The highest BCUT2D eigenvalue weighted by Gasteiger charge is 2.32. The molecule has 4 rings (SSSR count). The van der Waals surface area contributed by atoms with Gasteiger partial charge in [-0.3, -0.25) is 9.59 Å². The van der Waals surface area contributed by atoms with E-state index in [1.54, 1.807) is 24.3 Å². The summed E-state index contributed by atoms with van der Waals surface area (Å²) >= 11 is 0. The lowest BCUT2D eigenvalue weighted by Crippen LogP contribution is -2.38. The van der Waals surface area contributed by atoms with Crippen LogP contribution >= 0.6 is 0 Å². The molecule has 2 atom stereocenters. The van der Waals surface area contributed by atoms with Crippen LogP contribution in [-0.4, -0.2) is 61.7 Å². The zero-order valence-corrected chi connectivity index (χ0v) is 19.4. The first-order chi connectivity index (χ1) is 16.7. The van der Waals surface area contributed by atoms with Gasteiger partial charge in [0.25, 0.3) is 5.91 Å². The Morgan fingerprint density at radius 1 is 1.06 bits per heavy atom. The molecular weight excluding hydrogens is 438 g/mol. The maximum absolute atomic E-state index is 13.4. The fourth-order valence-electron chi connectivity index (χ4n) is 4.49. The van der Waals surface area contributed by atoms with E-state index in [9.17, 15) is 9.59 Å². The maximum atomic E-state index is 13.4. The van der Waals surface area contributed by atoms with E-state index in [0.717, 1.165) is 25.7 Å². The van der Waals surface area contributed by atoms with E-state index in [4.69, 9.17) is 23.7 Å². The van der Waals surface area contributed by atoms with Gasteiger partial charge in [0.2, 0.25) is 6.29 Å². The van der Waals surface area contributed by atoms with Gasteiger partial charge in [-0.1, -0.05) is 31.4 Å². The Morgan fingerprint density at radius 3 is 2.62 bits per heavy atom. The van der Waals surface area contributed by atoms with Gasteiger partial charge in [0, 0.05) is 31.0 Å². The third-order valence-corrected chi connectivity index (χ3v) is 6.28. The Balaban J connectivity index is 1.57. The summed E-state index contributed by atoms with van der Waals surface area (Å²) in [5.74, 6) is -0.334. The summed E-state index contributed by atoms with van der Waals surface area (Å²) in [4.78, 5) is 28.4. The summed E-state index contributed by atoms with van der Waals surface area (Å²) in [6.07, 6.45) is 8.27. The highest BCUT2D eigenvalue weighted by atomic mass is 16.7. The highest BCUT2D eigenvalue weighted by molar-refractivity contribution is 5.91. The zero-order chi connectivity index (χ0) is 23.8. The molecule has 1 N–H and O–H groups in total. The molecule has 0 radical (unpaired) electrons. The smallest absolute Gasteiger partial charge is 0.288 e. The van der Waals surface area contributed by atoms with Gasteiger partial charge in [-0.2, -0.15) is 0 Å². The van der Waals surface area contributed by atoms with E-state index < -0.39 is 6.29 Å². The molecule has 1 saturated heterocycles. The fourth-order valence-corrected chi connectivity index (χ4v) is 4.49. The molecule has 0 spiro atoms. The number of rotatable bonds is 8. The van der Waals surface area contributed by atoms with Crippen LogP contribution in [0.1, 0.15) is 50.0 Å². The summed E-state index contributed by atoms with van der Waals surface area (Å²) in [7, 11) is 0. The van der Waals surface area contributed by atoms with Crippen LogP contribution in [0.5, 0.6) is 0 Å². The van der Waals surface area contributed by atoms with Crippen LogP contribution in [0.3, 0.4) is 0 Å². The minimum absolute atomic E-state index is 0.0586. The van der Waals surface area contributed by atoms with E-state index in [1.807, 2.05) is 11.0 Å². The molecule has 0 saturated carbocycles. The van der Waals surface area contributed by atoms with Crippen molar-refractivity contribution in [3.05, 3.63) is 58.2 Å². The molecule has 34 heavy (non-hydrogen) atoms. The molecule has 0 aliphatic carbocycles. The molecule has 1 aromatic heterocycles. The summed E-state index contributed by atoms with van der Waals surface area (Å²) in [5, 5.41) is 9.36.